The van der Waals surface area contributed by atoms with E-state index in [0.717, 1.165) is 12.8 Å². The van der Waals surface area contributed by atoms with Crippen molar-refractivity contribution in [2.24, 2.45) is 5.73 Å². The van der Waals surface area contributed by atoms with Crippen molar-refractivity contribution in [3.05, 3.63) is 0 Å². The molecule has 0 aromatic rings. The second-order valence-corrected chi connectivity index (χ2v) is 4.65. The monoisotopic (exact) mass is 272 g/mol. The van der Waals surface area contributed by atoms with Crippen LogP contribution in [0.5, 0.6) is 0 Å². The molecule has 4 N–H and O–H groups in total. The van der Waals surface area contributed by atoms with Crippen LogP contribution in [0, 0.1) is 0 Å². The quantitative estimate of drug-likeness (QED) is 0.532. The maximum Gasteiger partial charge on any atom is 0.314 e. The zero-order chi connectivity index (χ0) is 14.1. The number of hydrogen-bond donors (Lipinski definition) is 3. The Hall–Kier alpha value is -1.34. The minimum absolute atomic E-state index is 0.0270. The second-order valence-electron chi connectivity index (χ2n) is 4.65. The Bertz CT molecular complexity index is 291. The molecule has 0 unspecified atom stereocenters. The van der Waals surface area contributed by atoms with Crippen molar-refractivity contribution in [3.63, 3.8) is 0 Å². The molecule has 1 rings (SSSR count). The average molecular weight is 272 g/mol. The van der Waals surface area contributed by atoms with Crippen LogP contribution in [0.15, 0.2) is 0 Å². The molecule has 110 valence electrons. The van der Waals surface area contributed by atoms with Gasteiger partial charge in [-0.1, -0.05) is 0 Å². The molecule has 3 amide bonds. The number of piperidine rings is 1. The van der Waals surface area contributed by atoms with Gasteiger partial charge >= 0.3 is 6.03 Å². The minimum atomic E-state index is -0.351. The van der Waals surface area contributed by atoms with Gasteiger partial charge in [0.2, 0.25) is 5.91 Å². The Morgan fingerprint density at radius 2 is 2.00 bits per heavy atom. The number of rotatable bonds is 7. The van der Waals surface area contributed by atoms with E-state index in [1.165, 1.54) is 0 Å². The number of nitrogens with zero attached hydrogens (tertiary/aromatic N) is 1. The average Bonchev–Trinajstić information content (AvgIpc) is 2.39. The molecular formula is C12H24N4O3. The number of amides is 3. The van der Waals surface area contributed by atoms with Crippen LogP contribution >= 0.6 is 0 Å². The Labute approximate surface area is 113 Å². The van der Waals surface area contributed by atoms with E-state index in [-0.39, 0.29) is 11.9 Å². The highest BCUT2D eigenvalue weighted by atomic mass is 16.5. The molecule has 0 bridgehead atoms. The Balaban J connectivity index is 2.04. The lowest BCUT2D eigenvalue weighted by molar-refractivity contribution is -0.121. The minimum Gasteiger partial charge on any atom is -0.383 e. The molecule has 1 aliphatic heterocycles. The van der Waals surface area contributed by atoms with Crippen molar-refractivity contribution >= 4 is 11.9 Å². The Morgan fingerprint density at radius 3 is 2.58 bits per heavy atom. The molecule has 1 heterocycles. The molecule has 19 heavy (non-hydrogen) atoms. The fraction of sp³-hybridized carbons (Fsp3) is 0.833. The van der Waals surface area contributed by atoms with Gasteiger partial charge in [-0.3, -0.25) is 4.79 Å². The predicted molar refractivity (Wildman–Crippen MR) is 71.7 cm³/mol. The molecule has 0 spiro atoms. The van der Waals surface area contributed by atoms with Crippen LogP contribution in [0.2, 0.25) is 0 Å². The van der Waals surface area contributed by atoms with Gasteiger partial charge < -0.3 is 26.0 Å². The normalized spacial score (nSPS) is 16.4. The number of carbonyl (C=O) groups is 2. The van der Waals surface area contributed by atoms with E-state index in [4.69, 9.17) is 10.5 Å². The van der Waals surface area contributed by atoms with Crippen LogP contribution in [0.25, 0.3) is 0 Å². The SMILES string of the molecule is COCCNC(=O)CCNC1CCN(C(N)=O)CC1. The van der Waals surface area contributed by atoms with Crippen molar-refractivity contribution < 1.29 is 14.3 Å². The first-order chi connectivity index (χ1) is 9.13. The van der Waals surface area contributed by atoms with E-state index in [2.05, 4.69) is 10.6 Å². The highest BCUT2D eigenvalue weighted by Crippen LogP contribution is 2.09. The lowest BCUT2D eigenvalue weighted by atomic mass is 10.1. The summed E-state index contributed by atoms with van der Waals surface area (Å²) in [6, 6.07) is 0.0124. The van der Waals surface area contributed by atoms with Crippen LogP contribution in [-0.2, 0) is 9.53 Å². The lowest BCUT2D eigenvalue weighted by Gasteiger charge is -2.31. The van der Waals surface area contributed by atoms with Crippen LogP contribution < -0.4 is 16.4 Å². The Kier molecular flexibility index (Phi) is 7.20. The van der Waals surface area contributed by atoms with E-state index in [0.29, 0.717) is 45.2 Å². The first kappa shape index (κ1) is 15.7. The summed E-state index contributed by atoms with van der Waals surface area (Å²) in [7, 11) is 1.60. The summed E-state index contributed by atoms with van der Waals surface area (Å²) in [5.41, 5.74) is 5.21. The van der Waals surface area contributed by atoms with E-state index in [1.807, 2.05) is 0 Å². The number of nitrogens with two attached hydrogens (primary N) is 1. The summed E-state index contributed by atoms with van der Waals surface area (Å²) in [4.78, 5) is 24.0. The highest BCUT2D eigenvalue weighted by molar-refractivity contribution is 5.76. The molecule has 0 atom stereocenters. The van der Waals surface area contributed by atoms with Crippen molar-refractivity contribution in [3.8, 4) is 0 Å². The van der Waals surface area contributed by atoms with E-state index in [1.54, 1.807) is 12.0 Å². The zero-order valence-corrected chi connectivity index (χ0v) is 11.5. The lowest BCUT2D eigenvalue weighted by Crippen LogP contribution is -2.47. The van der Waals surface area contributed by atoms with Crippen LogP contribution in [0.1, 0.15) is 19.3 Å². The van der Waals surface area contributed by atoms with Gasteiger partial charge in [0.05, 0.1) is 6.61 Å². The summed E-state index contributed by atoms with van der Waals surface area (Å²) in [6.07, 6.45) is 2.22. The molecule has 0 aromatic carbocycles. The number of methoxy groups -OCH3 is 1. The van der Waals surface area contributed by atoms with Gasteiger partial charge in [-0.05, 0) is 12.8 Å². The molecule has 7 heteroatoms. The smallest absolute Gasteiger partial charge is 0.314 e. The number of hydrogen-bond acceptors (Lipinski definition) is 4. The van der Waals surface area contributed by atoms with Crippen molar-refractivity contribution in [1.29, 1.82) is 0 Å². The molecule has 7 nitrogen and oxygen atoms in total. The molecule has 1 aliphatic rings. The fourth-order valence-corrected chi connectivity index (χ4v) is 2.07. The number of likely N-dealkylation sites (tertiary alicyclic amines) is 1. The summed E-state index contributed by atoms with van der Waals surface area (Å²) >= 11 is 0. The largest absolute Gasteiger partial charge is 0.383 e. The molecule has 0 radical (unpaired) electrons. The maximum atomic E-state index is 11.4. The third kappa shape index (κ3) is 6.40. The van der Waals surface area contributed by atoms with Gasteiger partial charge in [0.1, 0.15) is 0 Å². The van der Waals surface area contributed by atoms with E-state index >= 15 is 0 Å². The van der Waals surface area contributed by atoms with E-state index in [9.17, 15) is 9.59 Å². The van der Waals surface area contributed by atoms with Gasteiger partial charge in [0, 0.05) is 45.8 Å². The number of urea groups is 1. The van der Waals surface area contributed by atoms with Crippen LogP contribution in [0.4, 0.5) is 4.79 Å². The molecule has 1 fully saturated rings. The van der Waals surface area contributed by atoms with Crippen molar-refractivity contribution in [2.45, 2.75) is 25.3 Å². The number of ether oxygens (including phenoxy) is 1. The van der Waals surface area contributed by atoms with Gasteiger partial charge in [0.25, 0.3) is 0 Å². The topological polar surface area (TPSA) is 96.7 Å². The number of nitrogens with one attached hydrogen (secondary N) is 2. The first-order valence-corrected chi connectivity index (χ1v) is 6.67. The summed E-state index contributed by atoms with van der Waals surface area (Å²) in [5.74, 6) is 0.0270. The molecule has 0 saturated carbocycles. The number of carbonyl (C=O) groups excluding carboxylic acids is 2. The van der Waals surface area contributed by atoms with E-state index < -0.39 is 0 Å². The van der Waals surface area contributed by atoms with Gasteiger partial charge in [-0.2, -0.15) is 0 Å². The first-order valence-electron chi connectivity index (χ1n) is 6.67. The summed E-state index contributed by atoms with van der Waals surface area (Å²) in [5, 5.41) is 6.10. The van der Waals surface area contributed by atoms with Crippen molar-refractivity contribution in [2.75, 3.05) is 39.9 Å². The third-order valence-electron chi connectivity index (χ3n) is 3.22. The zero-order valence-electron chi connectivity index (χ0n) is 11.5. The highest BCUT2D eigenvalue weighted by Gasteiger charge is 2.20. The summed E-state index contributed by atoms with van der Waals surface area (Å²) in [6.45, 7) is 3.11. The van der Waals surface area contributed by atoms with Gasteiger partial charge in [-0.25, -0.2) is 4.79 Å². The fourth-order valence-electron chi connectivity index (χ4n) is 2.07. The molecule has 0 aromatic heterocycles. The van der Waals surface area contributed by atoms with Crippen molar-refractivity contribution in [1.82, 2.24) is 15.5 Å². The van der Waals surface area contributed by atoms with Gasteiger partial charge in [0.15, 0.2) is 0 Å². The van der Waals surface area contributed by atoms with Gasteiger partial charge in [-0.15, -0.1) is 0 Å². The predicted octanol–water partition coefficient (Wildman–Crippen LogP) is -0.728. The maximum absolute atomic E-state index is 11.4. The standard InChI is InChI=1S/C12H24N4O3/c1-19-9-6-15-11(17)2-5-14-10-3-7-16(8-4-10)12(13)18/h10,14H,2-9H2,1H3,(H2,13,18)(H,15,17). The summed E-state index contributed by atoms with van der Waals surface area (Å²) < 4.78 is 4.85. The van der Waals surface area contributed by atoms with Crippen LogP contribution in [0.3, 0.4) is 0 Å². The molecular weight excluding hydrogens is 248 g/mol. The second kappa shape index (κ2) is 8.71. The third-order valence-corrected chi connectivity index (χ3v) is 3.22. The Morgan fingerprint density at radius 1 is 1.32 bits per heavy atom. The number of primary amides is 1. The molecule has 0 aliphatic carbocycles. The molecule has 1 saturated heterocycles. The van der Waals surface area contributed by atoms with Crippen LogP contribution in [-0.4, -0.2) is 62.8 Å².